The van der Waals surface area contributed by atoms with Gasteiger partial charge in [0.1, 0.15) is 0 Å². The number of hydrogen-bond donors (Lipinski definition) is 2. The molecule has 1 aliphatic rings. The van der Waals surface area contributed by atoms with Gasteiger partial charge in [0.2, 0.25) is 5.91 Å². The van der Waals surface area contributed by atoms with Crippen molar-refractivity contribution in [3.63, 3.8) is 0 Å². The molecule has 1 aromatic rings. The van der Waals surface area contributed by atoms with Crippen molar-refractivity contribution in [2.24, 2.45) is 0 Å². The average molecular weight is 359 g/mol. The lowest BCUT2D eigenvalue weighted by atomic mass is 10.1. The van der Waals surface area contributed by atoms with E-state index in [1.54, 1.807) is 0 Å². The molecule has 126 valence electrons. The molecule has 0 aliphatic carbocycles. The number of halogens is 1. The summed E-state index contributed by atoms with van der Waals surface area (Å²) >= 11 is 7.14. The lowest BCUT2D eigenvalue weighted by Gasteiger charge is -2.30. The van der Waals surface area contributed by atoms with E-state index in [-0.39, 0.29) is 17.4 Å². The number of carbonyl (C=O) groups is 2. The van der Waals surface area contributed by atoms with Crippen LogP contribution in [-0.2, 0) is 20.9 Å². The Morgan fingerprint density at radius 3 is 2.74 bits per heavy atom. The number of carbonyl (C=O) groups excluding carboxylic acids is 1. The molecule has 0 aromatic heterocycles. The van der Waals surface area contributed by atoms with E-state index in [1.807, 2.05) is 18.2 Å². The fourth-order valence-electron chi connectivity index (χ4n) is 2.28. The number of nitrogens with one attached hydrogen (secondary N) is 1. The Bertz CT molecular complexity index is 564. The molecule has 23 heavy (non-hydrogen) atoms. The van der Waals surface area contributed by atoms with Crippen molar-refractivity contribution in [1.82, 2.24) is 5.32 Å². The third kappa shape index (κ3) is 5.93. The van der Waals surface area contributed by atoms with E-state index in [9.17, 15) is 9.59 Å². The first-order chi connectivity index (χ1) is 11.1. The quantitative estimate of drug-likeness (QED) is 0.771. The Balaban J connectivity index is 1.94. The molecule has 1 aromatic carbocycles. The van der Waals surface area contributed by atoms with Gasteiger partial charge in [0.05, 0.1) is 24.7 Å². The minimum absolute atomic E-state index is 0.0797. The molecule has 8 heteroatoms. The van der Waals surface area contributed by atoms with Crippen molar-refractivity contribution in [2.75, 3.05) is 42.7 Å². The second kappa shape index (κ2) is 9.00. The summed E-state index contributed by atoms with van der Waals surface area (Å²) in [7, 11) is 0. The van der Waals surface area contributed by atoms with Crippen molar-refractivity contribution in [3.8, 4) is 0 Å². The molecule has 6 nitrogen and oxygen atoms in total. The van der Waals surface area contributed by atoms with Gasteiger partial charge in [-0.3, -0.25) is 9.59 Å². The van der Waals surface area contributed by atoms with Gasteiger partial charge < -0.3 is 20.1 Å². The number of thioether (sulfide) groups is 1. The number of aliphatic carboxylic acids is 1. The summed E-state index contributed by atoms with van der Waals surface area (Å²) in [6, 6.07) is 5.63. The second-order valence-electron chi connectivity index (χ2n) is 5.04. The molecule has 1 saturated heterocycles. The van der Waals surface area contributed by atoms with E-state index in [1.165, 1.54) is 0 Å². The highest BCUT2D eigenvalue weighted by Gasteiger charge is 2.15. The zero-order chi connectivity index (χ0) is 16.7. The fraction of sp³-hybridized carbons (Fsp3) is 0.467. The Labute approximate surface area is 144 Å². The summed E-state index contributed by atoms with van der Waals surface area (Å²) in [5.41, 5.74) is 1.98. The first-order valence-electron chi connectivity index (χ1n) is 7.23. The van der Waals surface area contributed by atoms with E-state index >= 15 is 0 Å². The summed E-state index contributed by atoms with van der Waals surface area (Å²) < 4.78 is 5.36. The zero-order valence-electron chi connectivity index (χ0n) is 12.6. The number of rotatable bonds is 7. The number of morpholine rings is 1. The van der Waals surface area contributed by atoms with Crippen molar-refractivity contribution < 1.29 is 19.4 Å². The normalized spacial score (nSPS) is 14.6. The number of ether oxygens (including phenoxy) is 1. The molecule has 0 spiro atoms. The molecule has 0 saturated carbocycles. The highest BCUT2D eigenvalue weighted by atomic mass is 35.5. The van der Waals surface area contributed by atoms with Gasteiger partial charge in [-0.05, 0) is 23.8 Å². The zero-order valence-corrected chi connectivity index (χ0v) is 14.2. The maximum Gasteiger partial charge on any atom is 0.313 e. The molecule has 1 fully saturated rings. The van der Waals surface area contributed by atoms with Crippen LogP contribution in [0.15, 0.2) is 18.2 Å². The molecule has 2 rings (SSSR count). The molecular weight excluding hydrogens is 340 g/mol. The van der Waals surface area contributed by atoms with Crippen molar-refractivity contribution >= 4 is 40.9 Å². The topological polar surface area (TPSA) is 78.9 Å². The van der Waals surface area contributed by atoms with Gasteiger partial charge in [0, 0.05) is 30.3 Å². The van der Waals surface area contributed by atoms with Crippen LogP contribution in [0, 0.1) is 0 Å². The smallest absolute Gasteiger partial charge is 0.313 e. The van der Waals surface area contributed by atoms with Gasteiger partial charge in [-0.15, -0.1) is 11.8 Å². The number of benzene rings is 1. The summed E-state index contributed by atoms with van der Waals surface area (Å²) in [5, 5.41) is 12.0. The van der Waals surface area contributed by atoms with Crippen molar-refractivity contribution in [2.45, 2.75) is 6.54 Å². The maximum absolute atomic E-state index is 11.8. The maximum atomic E-state index is 11.8. The molecule has 2 N–H and O–H groups in total. The number of anilines is 1. The highest BCUT2D eigenvalue weighted by molar-refractivity contribution is 8.00. The molecule has 1 aliphatic heterocycles. The molecule has 0 unspecified atom stereocenters. The Hall–Kier alpha value is -1.44. The standard InChI is InChI=1S/C15H19ClN2O4S/c16-12-1-2-13(18-3-5-22-6-4-18)11(7-12)8-17-14(19)9-23-10-15(20)21/h1-2,7H,3-6,8-10H2,(H,17,19)(H,20,21). The van der Waals surface area contributed by atoms with E-state index in [4.69, 9.17) is 21.4 Å². The number of carboxylic acids is 1. The van der Waals surface area contributed by atoms with E-state index in [0.29, 0.717) is 24.8 Å². The van der Waals surface area contributed by atoms with Crippen LogP contribution in [0.4, 0.5) is 5.69 Å². The number of carboxylic acid groups (broad SMARTS) is 1. The second-order valence-corrected chi connectivity index (χ2v) is 6.46. The summed E-state index contributed by atoms with van der Waals surface area (Å²) in [5.74, 6) is -1.07. The third-order valence-corrected chi connectivity index (χ3v) is 4.48. The molecule has 1 amide bonds. The molecule has 1 heterocycles. The molecule has 0 bridgehead atoms. The largest absolute Gasteiger partial charge is 0.481 e. The van der Waals surface area contributed by atoms with Crippen LogP contribution in [0.3, 0.4) is 0 Å². The van der Waals surface area contributed by atoms with Crippen LogP contribution >= 0.6 is 23.4 Å². The summed E-state index contributed by atoms with van der Waals surface area (Å²) in [6.07, 6.45) is 0. The van der Waals surface area contributed by atoms with E-state index in [2.05, 4.69) is 10.2 Å². The lowest BCUT2D eigenvalue weighted by molar-refractivity contribution is -0.133. The van der Waals surface area contributed by atoms with Crippen LogP contribution in [0.5, 0.6) is 0 Å². The van der Waals surface area contributed by atoms with E-state index < -0.39 is 5.97 Å². The number of nitrogens with zero attached hydrogens (tertiary/aromatic N) is 1. The molecular formula is C15H19ClN2O4S. The predicted molar refractivity (Wildman–Crippen MR) is 91.3 cm³/mol. The van der Waals surface area contributed by atoms with E-state index in [0.717, 1.165) is 36.1 Å². The van der Waals surface area contributed by atoms with Crippen molar-refractivity contribution in [3.05, 3.63) is 28.8 Å². The first kappa shape index (κ1) is 17.9. The van der Waals surface area contributed by atoms with Crippen LogP contribution in [0.2, 0.25) is 5.02 Å². The first-order valence-corrected chi connectivity index (χ1v) is 8.77. The fourth-order valence-corrected chi connectivity index (χ4v) is 3.04. The van der Waals surface area contributed by atoms with Crippen LogP contribution in [0.1, 0.15) is 5.56 Å². The van der Waals surface area contributed by atoms with Gasteiger partial charge in [0.15, 0.2) is 0 Å². The number of hydrogen-bond acceptors (Lipinski definition) is 5. The monoisotopic (exact) mass is 358 g/mol. The average Bonchev–Trinajstić information content (AvgIpc) is 2.53. The summed E-state index contributed by atoms with van der Waals surface area (Å²) in [6.45, 7) is 3.33. The summed E-state index contributed by atoms with van der Waals surface area (Å²) in [4.78, 5) is 24.4. The predicted octanol–water partition coefficient (Wildman–Crippen LogP) is 1.61. The van der Waals surface area contributed by atoms with Gasteiger partial charge >= 0.3 is 5.97 Å². The SMILES string of the molecule is O=C(O)CSCC(=O)NCc1cc(Cl)ccc1N1CCOCC1. The minimum atomic E-state index is -0.924. The molecule has 0 radical (unpaired) electrons. The lowest BCUT2D eigenvalue weighted by Crippen LogP contribution is -2.37. The van der Waals surface area contributed by atoms with Gasteiger partial charge in [-0.2, -0.15) is 0 Å². The Morgan fingerprint density at radius 2 is 2.04 bits per heavy atom. The minimum Gasteiger partial charge on any atom is -0.481 e. The molecule has 0 atom stereocenters. The highest BCUT2D eigenvalue weighted by Crippen LogP contribution is 2.25. The van der Waals surface area contributed by atoms with Gasteiger partial charge in [-0.25, -0.2) is 0 Å². The van der Waals surface area contributed by atoms with Gasteiger partial charge in [0.25, 0.3) is 0 Å². The van der Waals surface area contributed by atoms with Crippen LogP contribution in [-0.4, -0.2) is 54.8 Å². The number of amides is 1. The van der Waals surface area contributed by atoms with Gasteiger partial charge in [-0.1, -0.05) is 11.6 Å². The van der Waals surface area contributed by atoms with Crippen LogP contribution < -0.4 is 10.2 Å². The van der Waals surface area contributed by atoms with Crippen molar-refractivity contribution in [1.29, 1.82) is 0 Å². The Morgan fingerprint density at radius 1 is 1.30 bits per heavy atom. The Kier molecular flexibility index (Phi) is 7.01. The van der Waals surface area contributed by atoms with Crippen LogP contribution in [0.25, 0.3) is 0 Å². The third-order valence-electron chi connectivity index (χ3n) is 3.33.